The van der Waals surface area contributed by atoms with Gasteiger partial charge in [0.25, 0.3) is 0 Å². The van der Waals surface area contributed by atoms with E-state index in [1.807, 2.05) is 22.7 Å². The third kappa shape index (κ3) is 1.58. The highest BCUT2D eigenvalue weighted by Gasteiger charge is 2.12. The lowest BCUT2D eigenvalue weighted by atomic mass is 9.98. The van der Waals surface area contributed by atoms with E-state index in [0.29, 0.717) is 0 Å². The molecule has 0 N–H and O–H groups in total. The second-order valence-corrected chi connectivity index (χ2v) is 8.16. The molecule has 0 fully saturated rings. The van der Waals surface area contributed by atoms with Gasteiger partial charge in [-0.15, -0.1) is 22.7 Å². The Kier molecular flexibility index (Phi) is 2.51. The molecule has 0 nitrogen and oxygen atoms in total. The summed E-state index contributed by atoms with van der Waals surface area (Å²) in [6, 6.07) is 9.39. The molecule has 2 heterocycles. The minimum absolute atomic E-state index is 1.40. The highest BCUT2D eigenvalue weighted by Crippen LogP contribution is 2.39. The minimum atomic E-state index is 1.40. The number of aryl methyl sites for hydroxylation is 4. The van der Waals surface area contributed by atoms with E-state index < -0.39 is 0 Å². The molecule has 4 rings (SSSR count). The van der Waals surface area contributed by atoms with E-state index in [9.17, 15) is 0 Å². The molecule has 0 aliphatic carbocycles. The van der Waals surface area contributed by atoms with E-state index >= 15 is 0 Å². The van der Waals surface area contributed by atoms with Gasteiger partial charge < -0.3 is 0 Å². The second kappa shape index (κ2) is 4.06. The second-order valence-electron chi connectivity index (χ2n) is 5.65. The van der Waals surface area contributed by atoms with Crippen molar-refractivity contribution in [1.82, 2.24) is 0 Å². The average Bonchev–Trinajstić information content (AvgIpc) is 2.94. The fourth-order valence-electron chi connectivity index (χ4n) is 3.20. The molecule has 2 aromatic heterocycles. The quantitative estimate of drug-likeness (QED) is 0.347. The number of benzene rings is 2. The Morgan fingerprint density at radius 3 is 1.40 bits per heavy atom. The maximum atomic E-state index is 2.38. The van der Waals surface area contributed by atoms with E-state index in [2.05, 4.69) is 52.0 Å². The van der Waals surface area contributed by atoms with Crippen LogP contribution >= 0.6 is 22.7 Å². The Morgan fingerprint density at radius 2 is 1.00 bits per heavy atom. The summed E-state index contributed by atoms with van der Waals surface area (Å²) < 4.78 is 2.89. The van der Waals surface area contributed by atoms with Gasteiger partial charge in [0.05, 0.1) is 0 Å². The normalized spacial score (nSPS) is 12.0. The third-order valence-electron chi connectivity index (χ3n) is 4.15. The lowest BCUT2D eigenvalue weighted by Gasteiger charge is -2.08. The maximum absolute atomic E-state index is 2.38. The number of hydrogen-bond donors (Lipinski definition) is 0. The first-order chi connectivity index (χ1) is 9.54. The van der Waals surface area contributed by atoms with Gasteiger partial charge in [0.15, 0.2) is 0 Å². The van der Waals surface area contributed by atoms with E-state index in [1.165, 1.54) is 51.8 Å². The molecular weight excluding hydrogens is 280 g/mol. The monoisotopic (exact) mass is 296 g/mol. The zero-order chi connectivity index (χ0) is 14.0. The molecule has 0 bridgehead atoms. The molecule has 0 unspecified atom stereocenters. The largest absolute Gasteiger partial charge is 0.140 e. The molecule has 0 aliphatic rings. The summed E-state index contributed by atoms with van der Waals surface area (Å²) in [5.41, 5.74) is 2.87. The topological polar surface area (TPSA) is 0 Å². The molecule has 100 valence electrons. The zero-order valence-electron chi connectivity index (χ0n) is 12.1. The van der Waals surface area contributed by atoms with Gasteiger partial charge in [-0.3, -0.25) is 0 Å². The van der Waals surface area contributed by atoms with Gasteiger partial charge >= 0.3 is 0 Å². The SMILES string of the molecule is Cc1cc2cc3c(C)c4sc(C)cc4cc3c(C)c2s1. The molecule has 0 radical (unpaired) electrons. The summed E-state index contributed by atoms with van der Waals surface area (Å²) in [6.07, 6.45) is 0. The van der Waals surface area contributed by atoms with E-state index in [-0.39, 0.29) is 0 Å². The van der Waals surface area contributed by atoms with Crippen LogP contribution in [0.4, 0.5) is 0 Å². The molecule has 0 spiro atoms. The predicted molar refractivity (Wildman–Crippen MR) is 93.7 cm³/mol. The van der Waals surface area contributed by atoms with Crippen LogP contribution in [0, 0.1) is 27.7 Å². The molecule has 0 aliphatic heterocycles. The number of fused-ring (bicyclic) bond motifs is 3. The summed E-state index contributed by atoms with van der Waals surface area (Å²) in [5.74, 6) is 0. The van der Waals surface area contributed by atoms with Crippen LogP contribution in [-0.2, 0) is 0 Å². The van der Waals surface area contributed by atoms with Crippen molar-refractivity contribution >= 4 is 53.6 Å². The fourth-order valence-corrected chi connectivity index (χ4v) is 5.21. The number of hydrogen-bond acceptors (Lipinski definition) is 2. The van der Waals surface area contributed by atoms with Crippen LogP contribution in [0.1, 0.15) is 20.9 Å². The van der Waals surface area contributed by atoms with Crippen molar-refractivity contribution in [3.05, 3.63) is 45.1 Å². The summed E-state index contributed by atoms with van der Waals surface area (Å²) >= 11 is 3.83. The van der Waals surface area contributed by atoms with Gasteiger partial charge in [-0.25, -0.2) is 0 Å². The number of thiophene rings is 2. The Labute approximate surface area is 126 Å². The Balaban J connectivity index is 2.29. The molecule has 0 saturated heterocycles. The van der Waals surface area contributed by atoms with Crippen molar-refractivity contribution in [1.29, 1.82) is 0 Å². The van der Waals surface area contributed by atoms with Crippen LogP contribution < -0.4 is 0 Å². The number of rotatable bonds is 0. The highest BCUT2D eigenvalue weighted by molar-refractivity contribution is 7.19. The van der Waals surface area contributed by atoms with E-state index in [4.69, 9.17) is 0 Å². The Bertz CT molecular complexity index is 902. The summed E-state index contributed by atoms with van der Waals surface area (Å²) in [7, 11) is 0. The Morgan fingerprint density at radius 1 is 0.600 bits per heavy atom. The predicted octanol–water partition coefficient (Wildman–Crippen LogP) is 6.50. The summed E-state index contributed by atoms with van der Waals surface area (Å²) in [4.78, 5) is 2.79. The van der Waals surface area contributed by atoms with Gasteiger partial charge in [-0.1, -0.05) is 0 Å². The fraction of sp³-hybridized carbons (Fsp3) is 0.222. The minimum Gasteiger partial charge on any atom is -0.140 e. The maximum Gasteiger partial charge on any atom is 0.0381 e. The van der Waals surface area contributed by atoms with Crippen LogP contribution in [0.5, 0.6) is 0 Å². The molecule has 2 aromatic carbocycles. The Hall–Kier alpha value is -1.38. The van der Waals surface area contributed by atoms with E-state index in [1.54, 1.807) is 0 Å². The van der Waals surface area contributed by atoms with Crippen molar-refractivity contribution in [3.63, 3.8) is 0 Å². The molecule has 0 saturated carbocycles. The standard InChI is InChI=1S/C18H16S2/c1-9-5-13-7-15-12(4)18-14(6-10(2)20-18)8-16(15)11(3)17(13)19-9/h5-8H,1-4H3. The molecule has 0 atom stereocenters. The summed E-state index contributed by atoms with van der Waals surface area (Å²) in [5, 5.41) is 5.63. The van der Waals surface area contributed by atoms with Crippen LogP contribution in [0.15, 0.2) is 24.3 Å². The van der Waals surface area contributed by atoms with Gasteiger partial charge in [0.2, 0.25) is 0 Å². The molecule has 20 heavy (non-hydrogen) atoms. The van der Waals surface area contributed by atoms with E-state index in [0.717, 1.165) is 0 Å². The zero-order valence-corrected chi connectivity index (χ0v) is 13.8. The first-order valence-electron chi connectivity index (χ1n) is 6.88. The third-order valence-corrected chi connectivity index (χ3v) is 6.52. The van der Waals surface area contributed by atoms with Crippen molar-refractivity contribution < 1.29 is 0 Å². The molecule has 4 aromatic rings. The van der Waals surface area contributed by atoms with Crippen molar-refractivity contribution in [2.45, 2.75) is 27.7 Å². The molecule has 2 heteroatoms. The molecular formula is C18H16S2. The lowest BCUT2D eigenvalue weighted by molar-refractivity contribution is 1.58. The smallest absolute Gasteiger partial charge is 0.0381 e. The van der Waals surface area contributed by atoms with Crippen LogP contribution in [0.2, 0.25) is 0 Å². The van der Waals surface area contributed by atoms with Crippen LogP contribution in [-0.4, -0.2) is 0 Å². The van der Waals surface area contributed by atoms with Crippen molar-refractivity contribution in [3.8, 4) is 0 Å². The van der Waals surface area contributed by atoms with Gasteiger partial charge in [0, 0.05) is 19.2 Å². The van der Waals surface area contributed by atoms with Gasteiger partial charge in [-0.2, -0.15) is 0 Å². The first kappa shape index (κ1) is 12.4. The van der Waals surface area contributed by atoms with Crippen molar-refractivity contribution in [2.75, 3.05) is 0 Å². The van der Waals surface area contributed by atoms with Crippen LogP contribution in [0.25, 0.3) is 30.9 Å². The first-order valence-corrected chi connectivity index (χ1v) is 8.51. The lowest BCUT2D eigenvalue weighted by Crippen LogP contribution is -1.83. The van der Waals surface area contributed by atoms with Gasteiger partial charge in [0.1, 0.15) is 0 Å². The molecule has 0 amide bonds. The van der Waals surface area contributed by atoms with Gasteiger partial charge in [-0.05, 0) is 84.6 Å². The van der Waals surface area contributed by atoms with Crippen molar-refractivity contribution in [2.24, 2.45) is 0 Å². The summed E-state index contributed by atoms with van der Waals surface area (Å²) in [6.45, 7) is 8.93. The van der Waals surface area contributed by atoms with Crippen LogP contribution in [0.3, 0.4) is 0 Å². The highest BCUT2D eigenvalue weighted by atomic mass is 32.1. The average molecular weight is 296 g/mol.